The average Bonchev–Trinajstić information content (AvgIpc) is 2.83. The third-order valence-electron chi connectivity index (χ3n) is 3.04. The van der Waals surface area contributed by atoms with Gasteiger partial charge in [-0.05, 0) is 25.7 Å². The van der Waals surface area contributed by atoms with Gasteiger partial charge in [-0.1, -0.05) is 6.42 Å². The number of nitrogens with zero attached hydrogens (tertiary/aromatic N) is 2. The minimum absolute atomic E-state index is 0.0897. The third kappa shape index (κ3) is 1.51. The van der Waals surface area contributed by atoms with Crippen LogP contribution in [0.4, 0.5) is 0 Å². The van der Waals surface area contributed by atoms with Crippen molar-refractivity contribution in [3.8, 4) is 5.13 Å². The van der Waals surface area contributed by atoms with Gasteiger partial charge >= 0.3 is 0 Å². The predicted octanol–water partition coefficient (Wildman–Crippen LogP) is 1.89. The van der Waals surface area contributed by atoms with E-state index in [0.29, 0.717) is 0 Å². The van der Waals surface area contributed by atoms with Crippen LogP contribution in [0.5, 0.6) is 0 Å². The molecule has 3 rings (SSSR count). The van der Waals surface area contributed by atoms with E-state index in [1.807, 2.05) is 5.38 Å². The van der Waals surface area contributed by atoms with Crippen LogP contribution in [0.25, 0.3) is 5.13 Å². The van der Waals surface area contributed by atoms with Gasteiger partial charge in [0, 0.05) is 22.8 Å². The van der Waals surface area contributed by atoms with Crippen LogP contribution in [-0.4, -0.2) is 14.8 Å². The van der Waals surface area contributed by atoms with Gasteiger partial charge in [-0.25, -0.2) is 4.98 Å². The number of H-pyrrole nitrogens is 1. The van der Waals surface area contributed by atoms with Gasteiger partial charge in [0.25, 0.3) is 5.56 Å². The number of rotatable bonds is 1. The van der Waals surface area contributed by atoms with E-state index in [4.69, 9.17) is 0 Å². The molecule has 1 aliphatic carbocycles. The molecule has 0 spiro atoms. The first-order valence-corrected chi connectivity index (χ1v) is 6.47. The van der Waals surface area contributed by atoms with Crippen LogP contribution in [0.3, 0.4) is 0 Å². The minimum Gasteiger partial charge on any atom is -0.293 e. The number of aromatic amines is 1. The van der Waals surface area contributed by atoms with Gasteiger partial charge in [-0.3, -0.25) is 9.89 Å². The summed E-state index contributed by atoms with van der Waals surface area (Å²) >= 11 is 1.48. The zero-order valence-electron chi connectivity index (χ0n) is 8.90. The van der Waals surface area contributed by atoms with Crippen LogP contribution in [0.1, 0.15) is 30.5 Å². The number of nitrogens with one attached hydrogen (secondary N) is 1. The zero-order chi connectivity index (χ0) is 11.0. The Morgan fingerprint density at radius 1 is 1.31 bits per heavy atom. The van der Waals surface area contributed by atoms with E-state index >= 15 is 0 Å². The molecule has 5 heteroatoms. The molecule has 84 valence electrons. The van der Waals surface area contributed by atoms with Gasteiger partial charge in [-0.2, -0.15) is 4.68 Å². The number of thiazole rings is 1. The molecule has 2 aromatic heterocycles. The van der Waals surface area contributed by atoms with Crippen molar-refractivity contribution in [1.82, 2.24) is 14.8 Å². The van der Waals surface area contributed by atoms with E-state index in [0.717, 1.165) is 35.7 Å². The maximum absolute atomic E-state index is 12.2. The molecular weight excluding hydrogens is 222 g/mol. The summed E-state index contributed by atoms with van der Waals surface area (Å²) in [6.45, 7) is 0. The molecule has 0 saturated carbocycles. The van der Waals surface area contributed by atoms with E-state index < -0.39 is 0 Å². The molecule has 4 nitrogen and oxygen atoms in total. The van der Waals surface area contributed by atoms with Crippen molar-refractivity contribution in [2.45, 2.75) is 32.1 Å². The Labute approximate surface area is 96.9 Å². The van der Waals surface area contributed by atoms with Crippen molar-refractivity contribution in [3.05, 3.63) is 33.2 Å². The smallest absolute Gasteiger partial charge is 0.276 e. The summed E-state index contributed by atoms with van der Waals surface area (Å²) in [4.78, 5) is 16.3. The summed E-state index contributed by atoms with van der Waals surface area (Å²) in [6.07, 6.45) is 7.13. The molecule has 0 aromatic carbocycles. The lowest BCUT2D eigenvalue weighted by Gasteiger charge is -1.96. The van der Waals surface area contributed by atoms with Crippen LogP contribution >= 0.6 is 11.3 Å². The summed E-state index contributed by atoms with van der Waals surface area (Å²) in [5.41, 5.74) is 2.16. The Morgan fingerprint density at radius 2 is 2.19 bits per heavy atom. The van der Waals surface area contributed by atoms with E-state index in [1.165, 1.54) is 24.2 Å². The molecule has 2 heterocycles. The van der Waals surface area contributed by atoms with E-state index in [1.54, 1.807) is 10.9 Å². The fourth-order valence-corrected chi connectivity index (χ4v) is 2.82. The Kier molecular flexibility index (Phi) is 2.40. The van der Waals surface area contributed by atoms with Gasteiger partial charge in [0.2, 0.25) is 5.13 Å². The molecule has 0 atom stereocenters. The van der Waals surface area contributed by atoms with Crippen LogP contribution in [-0.2, 0) is 12.8 Å². The first kappa shape index (κ1) is 9.84. The Morgan fingerprint density at radius 3 is 3.00 bits per heavy atom. The normalized spacial score (nSPS) is 15.8. The molecule has 2 aromatic rings. The number of aryl methyl sites for hydroxylation is 1. The number of hydrogen-bond donors (Lipinski definition) is 1. The average molecular weight is 235 g/mol. The highest BCUT2D eigenvalue weighted by Crippen LogP contribution is 2.18. The molecule has 0 bridgehead atoms. The van der Waals surface area contributed by atoms with Gasteiger partial charge < -0.3 is 0 Å². The molecule has 0 unspecified atom stereocenters. The maximum atomic E-state index is 12.2. The highest BCUT2D eigenvalue weighted by atomic mass is 32.1. The van der Waals surface area contributed by atoms with Crippen molar-refractivity contribution < 1.29 is 0 Å². The van der Waals surface area contributed by atoms with E-state index in [-0.39, 0.29) is 5.56 Å². The minimum atomic E-state index is 0.0897. The first-order valence-electron chi connectivity index (χ1n) is 5.59. The second kappa shape index (κ2) is 3.90. The SMILES string of the molecule is O=c1c2c([nH]n1-c1nccs1)CCCCC2. The number of aromatic nitrogens is 3. The first-order chi connectivity index (χ1) is 7.86. The standard InChI is InChI=1S/C11H13N3OS/c15-10-8-4-2-1-3-5-9(8)13-14(10)11-12-6-7-16-11/h6-7,13H,1-5H2. The highest BCUT2D eigenvalue weighted by molar-refractivity contribution is 7.12. The van der Waals surface area contributed by atoms with Gasteiger partial charge in [-0.15, -0.1) is 11.3 Å². The van der Waals surface area contributed by atoms with Crippen LogP contribution in [0, 0.1) is 0 Å². The van der Waals surface area contributed by atoms with Gasteiger partial charge in [0.05, 0.1) is 0 Å². The summed E-state index contributed by atoms with van der Waals surface area (Å²) in [6, 6.07) is 0. The Bertz CT molecular complexity index is 538. The lowest BCUT2D eigenvalue weighted by molar-refractivity contribution is 0.689. The van der Waals surface area contributed by atoms with Crippen LogP contribution < -0.4 is 5.56 Å². The van der Waals surface area contributed by atoms with Crippen molar-refractivity contribution >= 4 is 11.3 Å². The fourth-order valence-electron chi connectivity index (χ4n) is 2.22. The lowest BCUT2D eigenvalue weighted by atomic mass is 10.1. The third-order valence-corrected chi connectivity index (χ3v) is 3.79. The van der Waals surface area contributed by atoms with E-state index in [9.17, 15) is 4.79 Å². The molecule has 0 radical (unpaired) electrons. The van der Waals surface area contributed by atoms with Crippen molar-refractivity contribution in [2.24, 2.45) is 0 Å². The Hall–Kier alpha value is -1.36. The predicted molar refractivity (Wildman–Crippen MR) is 63.3 cm³/mol. The summed E-state index contributed by atoms with van der Waals surface area (Å²) in [5, 5.41) is 5.81. The van der Waals surface area contributed by atoms with Gasteiger partial charge in [0.1, 0.15) is 0 Å². The summed E-state index contributed by atoms with van der Waals surface area (Å²) < 4.78 is 1.58. The van der Waals surface area contributed by atoms with Crippen molar-refractivity contribution in [1.29, 1.82) is 0 Å². The molecular formula is C11H13N3OS. The zero-order valence-corrected chi connectivity index (χ0v) is 9.72. The van der Waals surface area contributed by atoms with Crippen molar-refractivity contribution in [2.75, 3.05) is 0 Å². The Balaban J connectivity index is 2.12. The summed E-state index contributed by atoms with van der Waals surface area (Å²) in [5.74, 6) is 0. The van der Waals surface area contributed by atoms with Crippen LogP contribution in [0.15, 0.2) is 16.4 Å². The quantitative estimate of drug-likeness (QED) is 0.767. The van der Waals surface area contributed by atoms with Gasteiger partial charge in [0.15, 0.2) is 0 Å². The molecule has 0 fully saturated rings. The largest absolute Gasteiger partial charge is 0.293 e. The molecule has 1 N–H and O–H groups in total. The van der Waals surface area contributed by atoms with Crippen LogP contribution in [0.2, 0.25) is 0 Å². The summed E-state index contributed by atoms with van der Waals surface area (Å²) in [7, 11) is 0. The molecule has 16 heavy (non-hydrogen) atoms. The topological polar surface area (TPSA) is 50.7 Å². The number of fused-ring (bicyclic) bond motifs is 1. The van der Waals surface area contributed by atoms with E-state index in [2.05, 4.69) is 10.1 Å². The molecule has 1 aliphatic rings. The fraction of sp³-hybridized carbons (Fsp3) is 0.455. The molecule has 0 aliphatic heterocycles. The van der Waals surface area contributed by atoms with Crippen molar-refractivity contribution in [3.63, 3.8) is 0 Å². The monoisotopic (exact) mass is 235 g/mol. The maximum Gasteiger partial charge on any atom is 0.276 e. The second-order valence-corrected chi connectivity index (χ2v) is 4.96. The number of hydrogen-bond acceptors (Lipinski definition) is 3. The molecule has 0 saturated heterocycles. The molecule has 0 amide bonds. The highest BCUT2D eigenvalue weighted by Gasteiger charge is 2.17. The lowest BCUT2D eigenvalue weighted by Crippen LogP contribution is -2.17. The second-order valence-electron chi connectivity index (χ2n) is 4.08.